The molecular weight excluding hydrogens is 200 g/mol. The molecule has 88 valence electrons. The first-order valence-corrected chi connectivity index (χ1v) is 5.69. The predicted octanol–water partition coefficient (Wildman–Crippen LogP) is 2.76. The fourth-order valence-electron chi connectivity index (χ4n) is 1.32. The molecule has 0 spiro atoms. The van der Waals surface area contributed by atoms with E-state index < -0.39 is 0 Å². The lowest BCUT2D eigenvalue weighted by Gasteiger charge is -1.97. The van der Waals surface area contributed by atoms with Gasteiger partial charge >= 0.3 is 0 Å². The van der Waals surface area contributed by atoms with E-state index in [0.29, 0.717) is 5.92 Å². The number of aromatic nitrogens is 4. The van der Waals surface area contributed by atoms with Gasteiger partial charge in [0, 0.05) is 19.4 Å². The largest absolute Gasteiger partial charge is 0.303 e. The summed E-state index contributed by atoms with van der Waals surface area (Å²) < 4.78 is 3.77. The van der Waals surface area contributed by atoms with Gasteiger partial charge in [-0.1, -0.05) is 27.7 Å². The summed E-state index contributed by atoms with van der Waals surface area (Å²) in [5.74, 6) is 0.466. The lowest BCUT2D eigenvalue weighted by Crippen LogP contribution is -1.89. The Labute approximate surface area is 96.9 Å². The lowest BCUT2D eigenvalue weighted by atomic mass is 10.2. The number of nitrogens with zero attached hydrogens (tertiary/aromatic N) is 4. The van der Waals surface area contributed by atoms with Crippen LogP contribution in [0, 0.1) is 0 Å². The molecule has 0 saturated heterocycles. The highest BCUT2D eigenvalue weighted by molar-refractivity contribution is 5.26. The van der Waals surface area contributed by atoms with Crippen LogP contribution in [0.3, 0.4) is 0 Å². The highest BCUT2D eigenvalue weighted by Crippen LogP contribution is 2.13. The summed E-state index contributed by atoms with van der Waals surface area (Å²) in [5.41, 5.74) is 2.15. The van der Waals surface area contributed by atoms with Crippen molar-refractivity contribution in [3.8, 4) is 5.69 Å². The van der Waals surface area contributed by atoms with Gasteiger partial charge in [-0.3, -0.25) is 4.68 Å². The lowest BCUT2D eigenvalue weighted by molar-refractivity contribution is 0.767. The second-order valence-corrected chi connectivity index (χ2v) is 3.73. The Hall–Kier alpha value is -1.58. The van der Waals surface area contributed by atoms with Crippen LogP contribution in [0.1, 0.15) is 39.3 Å². The fourth-order valence-corrected chi connectivity index (χ4v) is 1.32. The van der Waals surface area contributed by atoms with E-state index in [-0.39, 0.29) is 0 Å². The van der Waals surface area contributed by atoms with E-state index in [1.165, 1.54) is 0 Å². The molecule has 0 aromatic carbocycles. The van der Waals surface area contributed by atoms with E-state index >= 15 is 0 Å². The minimum absolute atomic E-state index is 0.466. The Morgan fingerprint density at radius 2 is 1.88 bits per heavy atom. The van der Waals surface area contributed by atoms with Gasteiger partial charge in [0.15, 0.2) is 0 Å². The molecule has 2 aromatic rings. The molecule has 16 heavy (non-hydrogen) atoms. The molecule has 0 radical (unpaired) electrons. The van der Waals surface area contributed by atoms with Crippen LogP contribution in [0.5, 0.6) is 0 Å². The van der Waals surface area contributed by atoms with Gasteiger partial charge in [-0.2, -0.15) is 5.10 Å². The van der Waals surface area contributed by atoms with Crippen molar-refractivity contribution in [1.29, 1.82) is 0 Å². The monoisotopic (exact) mass is 220 g/mol. The van der Waals surface area contributed by atoms with E-state index in [4.69, 9.17) is 0 Å². The predicted molar refractivity (Wildman–Crippen MR) is 65.8 cm³/mol. The summed E-state index contributed by atoms with van der Waals surface area (Å²) in [6.45, 7) is 8.27. The van der Waals surface area contributed by atoms with Crippen molar-refractivity contribution >= 4 is 0 Å². The maximum Gasteiger partial charge on any atom is 0.0996 e. The van der Waals surface area contributed by atoms with Crippen molar-refractivity contribution in [2.24, 2.45) is 7.05 Å². The third-order valence-corrected chi connectivity index (χ3v) is 2.18. The number of aryl methyl sites for hydroxylation is 1. The standard InChI is InChI=1S/C10H14N4.C2H6/c1-8(2)10-6-14(7-11-10)9-4-12-13(3)5-9;1-2/h4-8H,1-3H3;1-2H3. The summed E-state index contributed by atoms with van der Waals surface area (Å²) in [6.07, 6.45) is 7.66. The molecule has 0 aliphatic heterocycles. The molecule has 0 amide bonds. The number of hydrogen-bond donors (Lipinski definition) is 0. The van der Waals surface area contributed by atoms with Crippen molar-refractivity contribution in [3.63, 3.8) is 0 Å². The molecule has 0 aliphatic carbocycles. The third kappa shape index (κ3) is 2.72. The number of rotatable bonds is 2. The molecule has 4 heteroatoms. The molecule has 0 unspecified atom stereocenters. The van der Waals surface area contributed by atoms with E-state index in [1.807, 2.05) is 50.4 Å². The molecule has 0 atom stereocenters. The molecule has 2 rings (SSSR count). The first-order chi connectivity index (χ1) is 7.66. The minimum atomic E-state index is 0.466. The van der Waals surface area contributed by atoms with Gasteiger partial charge < -0.3 is 4.57 Å². The smallest absolute Gasteiger partial charge is 0.0996 e. The minimum Gasteiger partial charge on any atom is -0.303 e. The summed E-state index contributed by atoms with van der Waals surface area (Å²) >= 11 is 0. The Bertz CT molecular complexity index is 426. The van der Waals surface area contributed by atoms with Crippen LogP contribution < -0.4 is 0 Å². The van der Waals surface area contributed by atoms with E-state index in [9.17, 15) is 0 Å². The normalized spacial score (nSPS) is 10.1. The molecule has 2 aromatic heterocycles. The van der Waals surface area contributed by atoms with Crippen LogP contribution in [0.15, 0.2) is 24.9 Å². The maximum atomic E-state index is 4.33. The van der Waals surface area contributed by atoms with Gasteiger partial charge in [0.2, 0.25) is 0 Å². The van der Waals surface area contributed by atoms with Crippen molar-refractivity contribution in [2.75, 3.05) is 0 Å². The van der Waals surface area contributed by atoms with Crippen LogP contribution in [0.2, 0.25) is 0 Å². The summed E-state index contributed by atoms with van der Waals surface area (Å²) in [7, 11) is 1.91. The van der Waals surface area contributed by atoms with Crippen LogP contribution >= 0.6 is 0 Å². The zero-order valence-corrected chi connectivity index (χ0v) is 10.7. The SMILES string of the molecule is CC.CC(C)c1cn(-c2cnn(C)c2)cn1. The third-order valence-electron chi connectivity index (χ3n) is 2.18. The average Bonchev–Trinajstić information content (AvgIpc) is 2.88. The highest BCUT2D eigenvalue weighted by atomic mass is 15.3. The zero-order valence-electron chi connectivity index (χ0n) is 10.7. The van der Waals surface area contributed by atoms with Crippen molar-refractivity contribution in [1.82, 2.24) is 19.3 Å². The Morgan fingerprint density at radius 1 is 1.19 bits per heavy atom. The van der Waals surface area contributed by atoms with Crippen molar-refractivity contribution in [3.05, 3.63) is 30.6 Å². The van der Waals surface area contributed by atoms with E-state index in [0.717, 1.165) is 11.4 Å². The Kier molecular flexibility index (Phi) is 4.28. The van der Waals surface area contributed by atoms with Gasteiger partial charge in [-0.25, -0.2) is 4.98 Å². The van der Waals surface area contributed by atoms with E-state index in [2.05, 4.69) is 23.9 Å². The van der Waals surface area contributed by atoms with Gasteiger partial charge in [0.1, 0.15) is 0 Å². The molecule has 0 saturated carbocycles. The fraction of sp³-hybridized carbons (Fsp3) is 0.500. The quantitative estimate of drug-likeness (QED) is 0.780. The molecule has 2 heterocycles. The first kappa shape index (κ1) is 12.5. The van der Waals surface area contributed by atoms with Gasteiger partial charge in [-0.05, 0) is 5.92 Å². The molecular formula is C12H20N4. The van der Waals surface area contributed by atoms with Crippen LogP contribution in [-0.4, -0.2) is 19.3 Å². The highest BCUT2D eigenvalue weighted by Gasteiger charge is 2.05. The summed E-state index contributed by atoms with van der Waals surface area (Å²) in [5, 5.41) is 4.12. The average molecular weight is 220 g/mol. The second-order valence-electron chi connectivity index (χ2n) is 3.73. The molecule has 0 fully saturated rings. The summed E-state index contributed by atoms with van der Waals surface area (Å²) in [6, 6.07) is 0. The van der Waals surface area contributed by atoms with Crippen molar-refractivity contribution < 1.29 is 0 Å². The second kappa shape index (κ2) is 5.49. The van der Waals surface area contributed by atoms with Gasteiger partial charge in [0.25, 0.3) is 0 Å². The first-order valence-electron chi connectivity index (χ1n) is 5.69. The van der Waals surface area contributed by atoms with Crippen LogP contribution in [0.25, 0.3) is 5.69 Å². The molecule has 0 bridgehead atoms. The van der Waals surface area contributed by atoms with Crippen molar-refractivity contribution in [2.45, 2.75) is 33.6 Å². The Morgan fingerprint density at radius 3 is 2.31 bits per heavy atom. The number of imidazole rings is 1. The summed E-state index contributed by atoms with van der Waals surface area (Å²) in [4.78, 5) is 4.33. The van der Waals surface area contributed by atoms with E-state index in [1.54, 1.807) is 4.68 Å². The molecule has 0 aliphatic rings. The maximum absolute atomic E-state index is 4.33. The molecule has 4 nitrogen and oxygen atoms in total. The molecule has 0 N–H and O–H groups in total. The number of hydrogen-bond acceptors (Lipinski definition) is 2. The van der Waals surface area contributed by atoms with Gasteiger partial charge in [0.05, 0.1) is 23.9 Å². The van der Waals surface area contributed by atoms with Crippen LogP contribution in [-0.2, 0) is 7.05 Å². The zero-order chi connectivity index (χ0) is 12.1. The van der Waals surface area contributed by atoms with Crippen LogP contribution in [0.4, 0.5) is 0 Å². The Balaban J connectivity index is 0.000000606. The topological polar surface area (TPSA) is 35.6 Å². The van der Waals surface area contributed by atoms with Gasteiger partial charge in [-0.15, -0.1) is 0 Å².